The summed E-state index contributed by atoms with van der Waals surface area (Å²) in [6.07, 6.45) is 1.91. The van der Waals surface area contributed by atoms with Crippen molar-refractivity contribution in [3.8, 4) is 0 Å². The van der Waals surface area contributed by atoms with Crippen LogP contribution in [0.5, 0.6) is 0 Å². The molecule has 0 aromatic rings. The van der Waals surface area contributed by atoms with Crippen molar-refractivity contribution in [3.63, 3.8) is 0 Å². The normalized spacial score (nSPS) is 14.3. The highest BCUT2D eigenvalue weighted by molar-refractivity contribution is 5.81. The van der Waals surface area contributed by atoms with Gasteiger partial charge in [-0.15, -0.1) is 0 Å². The SMILES string of the molecule is C=CC(=O)OC(C)OC(CCC)OCC. The smallest absolute Gasteiger partial charge is 0.332 e. The predicted octanol–water partition coefficient (Wildman–Crippen LogP) is 2.24. The molecular weight excluding hydrogens is 196 g/mol. The Hall–Kier alpha value is -0.870. The summed E-state index contributed by atoms with van der Waals surface area (Å²) in [5.41, 5.74) is 0. The zero-order chi connectivity index (χ0) is 11.7. The van der Waals surface area contributed by atoms with Crippen LogP contribution in [0.4, 0.5) is 0 Å². The van der Waals surface area contributed by atoms with Crippen LogP contribution in [0.25, 0.3) is 0 Å². The fourth-order valence-electron chi connectivity index (χ4n) is 1.07. The third-order valence-electron chi connectivity index (χ3n) is 1.67. The monoisotopic (exact) mass is 216 g/mol. The Bertz CT molecular complexity index is 185. The molecule has 0 rings (SSSR count). The summed E-state index contributed by atoms with van der Waals surface area (Å²) in [7, 11) is 0. The zero-order valence-corrected chi connectivity index (χ0v) is 9.69. The van der Waals surface area contributed by atoms with Gasteiger partial charge in [0.15, 0.2) is 6.29 Å². The van der Waals surface area contributed by atoms with Crippen LogP contribution < -0.4 is 0 Å². The summed E-state index contributed by atoms with van der Waals surface area (Å²) in [6.45, 7) is 9.47. The molecule has 0 bridgehead atoms. The molecule has 0 aromatic heterocycles. The molecular formula is C11H20O4. The first-order chi connectivity index (χ1) is 7.13. The Morgan fingerprint density at radius 1 is 1.47 bits per heavy atom. The first-order valence-electron chi connectivity index (χ1n) is 5.24. The van der Waals surface area contributed by atoms with Crippen molar-refractivity contribution in [2.24, 2.45) is 0 Å². The number of hydrogen-bond acceptors (Lipinski definition) is 4. The summed E-state index contributed by atoms with van der Waals surface area (Å²) in [6, 6.07) is 0. The van der Waals surface area contributed by atoms with E-state index in [4.69, 9.17) is 14.2 Å². The molecule has 0 saturated heterocycles. The molecule has 0 aliphatic carbocycles. The van der Waals surface area contributed by atoms with E-state index in [1.54, 1.807) is 6.92 Å². The zero-order valence-electron chi connectivity index (χ0n) is 9.69. The van der Waals surface area contributed by atoms with E-state index in [1.165, 1.54) is 0 Å². The van der Waals surface area contributed by atoms with Crippen molar-refractivity contribution in [2.75, 3.05) is 6.61 Å². The minimum atomic E-state index is -0.612. The van der Waals surface area contributed by atoms with E-state index in [0.717, 1.165) is 18.9 Å². The largest absolute Gasteiger partial charge is 0.433 e. The van der Waals surface area contributed by atoms with Gasteiger partial charge < -0.3 is 14.2 Å². The molecule has 0 aromatic carbocycles. The van der Waals surface area contributed by atoms with Gasteiger partial charge in [-0.25, -0.2) is 4.79 Å². The fourth-order valence-corrected chi connectivity index (χ4v) is 1.07. The molecule has 0 spiro atoms. The number of esters is 1. The van der Waals surface area contributed by atoms with Gasteiger partial charge in [-0.05, 0) is 20.3 Å². The van der Waals surface area contributed by atoms with Crippen molar-refractivity contribution in [3.05, 3.63) is 12.7 Å². The van der Waals surface area contributed by atoms with Crippen molar-refractivity contribution in [1.29, 1.82) is 0 Å². The molecule has 2 atom stereocenters. The van der Waals surface area contributed by atoms with E-state index in [-0.39, 0.29) is 6.29 Å². The minimum absolute atomic E-state index is 0.312. The lowest BCUT2D eigenvalue weighted by atomic mass is 10.3. The highest BCUT2D eigenvalue weighted by atomic mass is 16.8. The van der Waals surface area contributed by atoms with Crippen LogP contribution in [-0.2, 0) is 19.0 Å². The molecule has 88 valence electrons. The number of carbonyl (C=O) groups excluding carboxylic acids is 1. The number of ether oxygens (including phenoxy) is 3. The van der Waals surface area contributed by atoms with Gasteiger partial charge in [0.2, 0.25) is 6.29 Å². The molecule has 2 unspecified atom stereocenters. The second-order valence-electron chi connectivity index (χ2n) is 3.02. The van der Waals surface area contributed by atoms with Gasteiger partial charge in [-0.1, -0.05) is 19.9 Å². The molecule has 4 heteroatoms. The van der Waals surface area contributed by atoms with Crippen LogP contribution in [0, 0.1) is 0 Å². The van der Waals surface area contributed by atoms with E-state index in [2.05, 4.69) is 6.58 Å². The summed E-state index contributed by atoms with van der Waals surface area (Å²) < 4.78 is 15.6. The second-order valence-corrected chi connectivity index (χ2v) is 3.02. The van der Waals surface area contributed by atoms with Crippen LogP contribution >= 0.6 is 0 Å². The second kappa shape index (κ2) is 8.44. The van der Waals surface area contributed by atoms with E-state index in [0.29, 0.717) is 6.61 Å². The van der Waals surface area contributed by atoms with Crippen LogP contribution in [0.1, 0.15) is 33.6 Å². The highest BCUT2D eigenvalue weighted by Crippen LogP contribution is 2.08. The van der Waals surface area contributed by atoms with Crippen LogP contribution in [-0.4, -0.2) is 25.2 Å². The molecule has 0 N–H and O–H groups in total. The van der Waals surface area contributed by atoms with E-state index in [9.17, 15) is 4.79 Å². The van der Waals surface area contributed by atoms with Gasteiger partial charge in [0, 0.05) is 12.7 Å². The fraction of sp³-hybridized carbons (Fsp3) is 0.727. The topological polar surface area (TPSA) is 44.8 Å². The van der Waals surface area contributed by atoms with Crippen molar-refractivity contribution >= 4 is 5.97 Å². The lowest BCUT2D eigenvalue weighted by Gasteiger charge is -2.21. The number of carbonyl (C=O) groups is 1. The maximum absolute atomic E-state index is 10.9. The molecule has 0 fully saturated rings. The molecule has 0 aliphatic heterocycles. The maximum Gasteiger partial charge on any atom is 0.332 e. The van der Waals surface area contributed by atoms with Crippen molar-refractivity contribution < 1.29 is 19.0 Å². The molecule has 4 nitrogen and oxygen atoms in total. The van der Waals surface area contributed by atoms with Gasteiger partial charge in [0.25, 0.3) is 0 Å². The van der Waals surface area contributed by atoms with Gasteiger partial charge in [0.05, 0.1) is 0 Å². The van der Waals surface area contributed by atoms with Crippen LogP contribution in [0.3, 0.4) is 0 Å². The van der Waals surface area contributed by atoms with E-state index < -0.39 is 12.3 Å². The summed E-state index contributed by atoms with van der Waals surface area (Å²) in [5, 5.41) is 0. The summed E-state index contributed by atoms with van der Waals surface area (Å²) in [5.74, 6) is -0.491. The van der Waals surface area contributed by atoms with Crippen molar-refractivity contribution in [1.82, 2.24) is 0 Å². The molecule has 0 aliphatic rings. The lowest BCUT2D eigenvalue weighted by molar-refractivity contribution is -0.233. The average molecular weight is 216 g/mol. The van der Waals surface area contributed by atoms with Gasteiger partial charge >= 0.3 is 5.97 Å². The Morgan fingerprint density at radius 2 is 2.13 bits per heavy atom. The standard InChI is InChI=1S/C11H20O4/c1-5-8-11(13-7-3)15-9(4)14-10(12)6-2/h6,9,11H,2,5,7-8H2,1,3-4H3. The van der Waals surface area contributed by atoms with E-state index in [1.807, 2.05) is 13.8 Å². The van der Waals surface area contributed by atoms with Crippen LogP contribution in [0.2, 0.25) is 0 Å². The highest BCUT2D eigenvalue weighted by Gasteiger charge is 2.14. The van der Waals surface area contributed by atoms with Crippen molar-refractivity contribution in [2.45, 2.75) is 46.2 Å². The third kappa shape index (κ3) is 7.11. The van der Waals surface area contributed by atoms with Gasteiger partial charge in [-0.2, -0.15) is 0 Å². The molecule has 0 heterocycles. The third-order valence-corrected chi connectivity index (χ3v) is 1.67. The molecule has 0 amide bonds. The van der Waals surface area contributed by atoms with Gasteiger partial charge in [0.1, 0.15) is 0 Å². The Labute approximate surface area is 91.2 Å². The number of rotatable bonds is 8. The predicted molar refractivity (Wildman–Crippen MR) is 57.2 cm³/mol. The van der Waals surface area contributed by atoms with Gasteiger partial charge in [-0.3, -0.25) is 0 Å². The van der Waals surface area contributed by atoms with Crippen LogP contribution in [0.15, 0.2) is 12.7 Å². The first kappa shape index (κ1) is 14.1. The molecule has 0 radical (unpaired) electrons. The Balaban J connectivity index is 3.91. The lowest BCUT2D eigenvalue weighted by Crippen LogP contribution is -2.26. The Kier molecular flexibility index (Phi) is 7.95. The quantitative estimate of drug-likeness (QED) is 0.354. The van der Waals surface area contributed by atoms with E-state index >= 15 is 0 Å². The molecule has 0 saturated carbocycles. The first-order valence-corrected chi connectivity index (χ1v) is 5.24. The maximum atomic E-state index is 10.9. The number of hydrogen-bond donors (Lipinski definition) is 0. The summed E-state index contributed by atoms with van der Waals surface area (Å²) >= 11 is 0. The Morgan fingerprint density at radius 3 is 2.60 bits per heavy atom. The summed E-state index contributed by atoms with van der Waals surface area (Å²) in [4.78, 5) is 10.9. The average Bonchev–Trinajstić information content (AvgIpc) is 2.18. The minimum Gasteiger partial charge on any atom is -0.433 e. The molecule has 15 heavy (non-hydrogen) atoms.